The van der Waals surface area contributed by atoms with E-state index >= 15 is 0 Å². The number of nitrogens with zero attached hydrogens (tertiary/aromatic N) is 1. The topological polar surface area (TPSA) is 54.0 Å². The summed E-state index contributed by atoms with van der Waals surface area (Å²) < 4.78 is 11.3. The number of hydrogen-bond donors (Lipinski definition) is 2. The molecule has 1 aromatic carbocycles. The van der Waals surface area contributed by atoms with Crippen LogP contribution in [0.3, 0.4) is 0 Å². The van der Waals surface area contributed by atoms with Crippen LogP contribution in [0.5, 0.6) is 11.5 Å². The lowest BCUT2D eigenvalue weighted by atomic mass is 10.1. The number of rotatable bonds is 3. The Morgan fingerprint density at radius 3 is 2.95 bits per heavy atom. The number of hydroxylamine groups is 1. The van der Waals surface area contributed by atoms with Gasteiger partial charge in [0.15, 0.2) is 11.5 Å². The molecule has 2 aliphatic heterocycles. The number of hydrogen-bond acceptors (Lipinski definition) is 6. The van der Waals surface area contributed by atoms with Gasteiger partial charge in [-0.25, -0.2) is 0 Å². The van der Waals surface area contributed by atoms with Crippen LogP contribution in [0.2, 0.25) is 0 Å². The quantitative estimate of drug-likeness (QED) is 0.656. The Bertz CT molecular complexity index is 550. The molecule has 1 fully saturated rings. The van der Waals surface area contributed by atoms with Crippen molar-refractivity contribution in [3.05, 3.63) is 23.8 Å². The van der Waals surface area contributed by atoms with Gasteiger partial charge in [0.1, 0.15) is 10.5 Å². The van der Waals surface area contributed by atoms with E-state index in [1.165, 1.54) is 0 Å². The Labute approximate surface area is 127 Å². The van der Waals surface area contributed by atoms with Gasteiger partial charge in [-0.2, -0.15) is 5.48 Å². The second-order valence-electron chi connectivity index (χ2n) is 5.32. The van der Waals surface area contributed by atoms with Crippen LogP contribution in [0.4, 0.5) is 0 Å². The van der Waals surface area contributed by atoms with E-state index in [-0.39, 0.29) is 17.7 Å². The summed E-state index contributed by atoms with van der Waals surface area (Å²) >= 11 is 7.00. The van der Waals surface area contributed by atoms with E-state index in [1.807, 2.05) is 23.1 Å². The molecule has 2 heterocycles. The molecule has 0 aromatic heterocycles. The van der Waals surface area contributed by atoms with Crippen LogP contribution in [0.1, 0.15) is 19.4 Å². The maximum atomic E-state index is 9.41. The lowest BCUT2D eigenvalue weighted by Crippen LogP contribution is -2.49. The molecule has 20 heavy (non-hydrogen) atoms. The van der Waals surface area contributed by atoms with Crippen molar-refractivity contribution in [1.29, 1.82) is 0 Å². The molecule has 0 amide bonds. The van der Waals surface area contributed by atoms with Crippen molar-refractivity contribution in [1.82, 2.24) is 10.4 Å². The molecule has 1 atom stereocenters. The molecule has 0 bridgehead atoms. The molecule has 0 radical (unpaired) electrons. The van der Waals surface area contributed by atoms with Gasteiger partial charge < -0.3 is 19.6 Å². The normalized spacial score (nSPS) is 23.4. The molecule has 108 valence electrons. The summed E-state index contributed by atoms with van der Waals surface area (Å²) in [6, 6.07) is 5.84. The monoisotopic (exact) mass is 312 g/mol. The molecule has 2 N–H and O–H groups in total. The van der Waals surface area contributed by atoms with Crippen LogP contribution in [0.15, 0.2) is 18.2 Å². The third-order valence-electron chi connectivity index (χ3n) is 3.47. The predicted octanol–water partition coefficient (Wildman–Crippen LogP) is 2.33. The van der Waals surface area contributed by atoms with Gasteiger partial charge in [0.2, 0.25) is 6.79 Å². The third kappa shape index (κ3) is 2.35. The van der Waals surface area contributed by atoms with E-state index < -0.39 is 0 Å². The Morgan fingerprint density at radius 1 is 1.45 bits per heavy atom. The van der Waals surface area contributed by atoms with Crippen LogP contribution >= 0.6 is 24.0 Å². The van der Waals surface area contributed by atoms with Crippen LogP contribution in [0.25, 0.3) is 0 Å². The highest BCUT2D eigenvalue weighted by Gasteiger charge is 2.44. The zero-order valence-electron chi connectivity index (χ0n) is 11.3. The second-order valence-corrected chi connectivity index (χ2v) is 7.61. The van der Waals surface area contributed by atoms with Crippen LogP contribution < -0.4 is 15.0 Å². The van der Waals surface area contributed by atoms with Gasteiger partial charge in [-0.3, -0.25) is 0 Å². The molecule has 0 saturated carbocycles. The summed E-state index contributed by atoms with van der Waals surface area (Å²) in [6.07, 6.45) is -0.217. The standard InChI is InChI=1S/C13H16N2O3S2/c1-13(2)11(14-16)15(12(19)20-13)6-8-3-4-9-10(5-8)18-7-17-9/h3-5,11,14,16H,6-7H2,1-2H3. The molecule has 2 aliphatic rings. The first kappa shape index (κ1) is 13.9. The number of thiocarbonyl (C=S) groups is 1. The van der Waals surface area contributed by atoms with Crippen molar-refractivity contribution in [2.24, 2.45) is 0 Å². The summed E-state index contributed by atoms with van der Waals surface area (Å²) in [7, 11) is 0. The molecule has 7 heteroatoms. The summed E-state index contributed by atoms with van der Waals surface area (Å²) in [4.78, 5) is 1.98. The predicted molar refractivity (Wildman–Crippen MR) is 81.1 cm³/mol. The SMILES string of the molecule is CC1(C)SC(=S)N(Cc2ccc3c(c2)OCO3)C1NO. The van der Waals surface area contributed by atoms with Gasteiger partial charge in [-0.05, 0) is 31.5 Å². The van der Waals surface area contributed by atoms with E-state index in [4.69, 9.17) is 21.7 Å². The molecule has 0 aliphatic carbocycles. The van der Waals surface area contributed by atoms with Gasteiger partial charge in [0, 0.05) is 6.54 Å². The van der Waals surface area contributed by atoms with Crippen molar-refractivity contribution >= 4 is 28.3 Å². The highest BCUT2D eigenvalue weighted by molar-refractivity contribution is 8.24. The maximum Gasteiger partial charge on any atom is 0.231 e. The van der Waals surface area contributed by atoms with Crippen molar-refractivity contribution in [2.75, 3.05) is 6.79 Å². The zero-order valence-corrected chi connectivity index (χ0v) is 12.9. The van der Waals surface area contributed by atoms with Crippen LogP contribution in [-0.2, 0) is 6.54 Å². The minimum atomic E-state index is -0.217. The molecular formula is C13H16N2O3S2. The largest absolute Gasteiger partial charge is 0.454 e. The molecule has 0 spiro atoms. The smallest absolute Gasteiger partial charge is 0.231 e. The first-order chi connectivity index (χ1) is 9.51. The van der Waals surface area contributed by atoms with E-state index in [9.17, 15) is 5.21 Å². The number of nitrogens with one attached hydrogen (secondary N) is 1. The fraction of sp³-hybridized carbons (Fsp3) is 0.462. The average Bonchev–Trinajstić information content (AvgIpc) is 2.92. The lowest BCUT2D eigenvalue weighted by molar-refractivity contribution is 0.0543. The molecule has 3 rings (SSSR count). The van der Waals surface area contributed by atoms with E-state index in [0.717, 1.165) is 21.4 Å². The second kappa shape index (κ2) is 5.07. The first-order valence-electron chi connectivity index (χ1n) is 6.29. The van der Waals surface area contributed by atoms with E-state index in [0.29, 0.717) is 6.54 Å². The fourth-order valence-corrected chi connectivity index (χ4v) is 4.28. The highest BCUT2D eigenvalue weighted by Crippen LogP contribution is 2.41. The fourth-order valence-electron chi connectivity index (χ4n) is 2.44. The van der Waals surface area contributed by atoms with Crippen molar-refractivity contribution in [3.8, 4) is 11.5 Å². The summed E-state index contributed by atoms with van der Waals surface area (Å²) in [5, 5.41) is 9.41. The number of thioether (sulfide) groups is 1. The van der Waals surface area contributed by atoms with Gasteiger partial charge >= 0.3 is 0 Å². The van der Waals surface area contributed by atoms with Crippen molar-refractivity contribution < 1.29 is 14.7 Å². The highest BCUT2D eigenvalue weighted by atomic mass is 32.2. The maximum absolute atomic E-state index is 9.41. The molecular weight excluding hydrogens is 296 g/mol. The third-order valence-corrected chi connectivity index (χ3v) is 5.11. The van der Waals surface area contributed by atoms with Crippen LogP contribution in [0, 0.1) is 0 Å². The van der Waals surface area contributed by atoms with Gasteiger partial charge in [0.05, 0.1) is 4.75 Å². The average molecular weight is 312 g/mol. The Kier molecular flexibility index (Phi) is 3.53. The zero-order chi connectivity index (χ0) is 14.3. The molecule has 1 unspecified atom stereocenters. The summed E-state index contributed by atoms with van der Waals surface area (Å²) in [6.45, 7) is 4.99. The van der Waals surface area contributed by atoms with Gasteiger partial charge in [0.25, 0.3) is 0 Å². The van der Waals surface area contributed by atoms with E-state index in [2.05, 4.69) is 19.3 Å². The minimum absolute atomic E-state index is 0.178. The number of fused-ring (bicyclic) bond motifs is 1. The Morgan fingerprint density at radius 2 is 2.20 bits per heavy atom. The van der Waals surface area contributed by atoms with Gasteiger partial charge in [-0.1, -0.05) is 30.0 Å². The lowest BCUT2D eigenvalue weighted by Gasteiger charge is -2.30. The number of ether oxygens (including phenoxy) is 2. The van der Waals surface area contributed by atoms with Crippen molar-refractivity contribution in [3.63, 3.8) is 0 Å². The van der Waals surface area contributed by atoms with E-state index in [1.54, 1.807) is 11.8 Å². The Hall–Kier alpha value is -1.02. The molecule has 5 nitrogen and oxygen atoms in total. The number of benzene rings is 1. The van der Waals surface area contributed by atoms with Crippen molar-refractivity contribution in [2.45, 2.75) is 31.3 Å². The molecule has 1 aromatic rings. The first-order valence-corrected chi connectivity index (χ1v) is 7.51. The molecule has 1 saturated heterocycles. The summed E-state index contributed by atoms with van der Waals surface area (Å²) in [5.74, 6) is 1.53. The Balaban J connectivity index is 1.82. The van der Waals surface area contributed by atoms with Gasteiger partial charge in [-0.15, -0.1) is 0 Å². The summed E-state index contributed by atoms with van der Waals surface area (Å²) in [5.41, 5.74) is 3.43. The van der Waals surface area contributed by atoms with Crippen LogP contribution in [-0.4, -0.2) is 32.1 Å². The minimum Gasteiger partial charge on any atom is -0.454 e.